The lowest BCUT2D eigenvalue weighted by molar-refractivity contribution is 0.0178. The largest absolute Gasteiger partial charge is 0.463 e. The van der Waals surface area contributed by atoms with E-state index in [1.807, 2.05) is 36.4 Å². The number of para-hydroxylation sites is 1. The molecule has 116 valence electrons. The van der Waals surface area contributed by atoms with E-state index in [0.717, 1.165) is 10.2 Å². The topological polar surface area (TPSA) is 42.4 Å². The number of carbonyl (C=O) groups is 1. The number of fused-ring (bicyclic) bond motifs is 1. The normalized spacial score (nSPS) is 14.7. The highest BCUT2D eigenvalue weighted by Gasteiger charge is 2.34. The smallest absolute Gasteiger partial charge is 0.274 e. The SMILES string of the molecule is O=C(c1ccccc1Cl)N1CC(Oc2nc3ccccc3s2)C1. The van der Waals surface area contributed by atoms with Crippen LogP contribution < -0.4 is 4.74 Å². The van der Waals surface area contributed by atoms with E-state index in [9.17, 15) is 4.79 Å². The summed E-state index contributed by atoms with van der Waals surface area (Å²) >= 11 is 7.59. The third-order valence-electron chi connectivity index (χ3n) is 3.78. The molecule has 4 rings (SSSR count). The van der Waals surface area contributed by atoms with Gasteiger partial charge >= 0.3 is 0 Å². The predicted molar refractivity (Wildman–Crippen MR) is 91.4 cm³/mol. The summed E-state index contributed by atoms with van der Waals surface area (Å²) in [6.45, 7) is 1.11. The number of nitrogens with zero attached hydrogens (tertiary/aromatic N) is 2. The zero-order valence-corrected chi connectivity index (χ0v) is 13.7. The van der Waals surface area contributed by atoms with Crippen LogP contribution in [0.2, 0.25) is 5.02 Å². The van der Waals surface area contributed by atoms with E-state index in [4.69, 9.17) is 16.3 Å². The highest BCUT2D eigenvalue weighted by atomic mass is 35.5. The van der Waals surface area contributed by atoms with Crippen LogP contribution in [0.4, 0.5) is 0 Å². The van der Waals surface area contributed by atoms with Crippen LogP contribution in [0.1, 0.15) is 10.4 Å². The van der Waals surface area contributed by atoms with Gasteiger partial charge in [-0.3, -0.25) is 4.79 Å². The van der Waals surface area contributed by atoms with Gasteiger partial charge in [0.05, 0.1) is 33.9 Å². The predicted octanol–water partition coefficient (Wildman–Crippen LogP) is 3.85. The van der Waals surface area contributed by atoms with Gasteiger partial charge in [-0.25, -0.2) is 4.98 Å². The molecule has 2 heterocycles. The number of aromatic nitrogens is 1. The molecule has 3 aromatic rings. The van der Waals surface area contributed by atoms with Gasteiger partial charge in [0.2, 0.25) is 0 Å². The second-order valence-corrected chi connectivity index (χ2v) is 6.78. The molecule has 1 fully saturated rings. The van der Waals surface area contributed by atoms with Gasteiger partial charge in [0.15, 0.2) is 0 Å². The summed E-state index contributed by atoms with van der Waals surface area (Å²) in [5.74, 6) is -0.0558. The maximum atomic E-state index is 12.4. The Morgan fingerprint density at radius 1 is 1.17 bits per heavy atom. The molecule has 0 unspecified atom stereocenters. The summed E-state index contributed by atoms with van der Waals surface area (Å²) < 4.78 is 6.96. The van der Waals surface area contributed by atoms with Crippen LogP contribution >= 0.6 is 22.9 Å². The molecule has 0 aliphatic carbocycles. The summed E-state index contributed by atoms with van der Waals surface area (Å²) in [7, 11) is 0. The quantitative estimate of drug-likeness (QED) is 0.724. The molecule has 1 saturated heterocycles. The molecule has 2 aromatic carbocycles. The van der Waals surface area contributed by atoms with Crippen molar-refractivity contribution >= 4 is 39.1 Å². The molecule has 1 amide bonds. The molecule has 1 aliphatic rings. The van der Waals surface area contributed by atoms with Crippen molar-refractivity contribution in [2.75, 3.05) is 13.1 Å². The van der Waals surface area contributed by atoms with Crippen LogP contribution in [0, 0.1) is 0 Å². The zero-order chi connectivity index (χ0) is 15.8. The Hall–Kier alpha value is -2.11. The number of thiazole rings is 1. The minimum atomic E-state index is -0.0558. The first-order valence-corrected chi connectivity index (χ1v) is 8.46. The molecule has 4 nitrogen and oxygen atoms in total. The third-order valence-corrected chi connectivity index (χ3v) is 5.04. The lowest BCUT2D eigenvalue weighted by atomic mass is 10.1. The monoisotopic (exact) mass is 344 g/mol. The third kappa shape index (κ3) is 2.78. The lowest BCUT2D eigenvalue weighted by Crippen LogP contribution is -2.56. The van der Waals surface area contributed by atoms with Crippen LogP contribution in [0.15, 0.2) is 48.5 Å². The highest BCUT2D eigenvalue weighted by Crippen LogP contribution is 2.30. The number of rotatable bonds is 3. The second-order valence-electron chi connectivity index (χ2n) is 5.38. The van der Waals surface area contributed by atoms with Gasteiger partial charge in [0.25, 0.3) is 11.1 Å². The van der Waals surface area contributed by atoms with Crippen molar-refractivity contribution in [2.45, 2.75) is 6.10 Å². The maximum absolute atomic E-state index is 12.4. The zero-order valence-electron chi connectivity index (χ0n) is 12.1. The average Bonchev–Trinajstić information content (AvgIpc) is 2.93. The molecule has 0 saturated carbocycles. The molecule has 0 atom stereocenters. The van der Waals surface area contributed by atoms with E-state index in [-0.39, 0.29) is 12.0 Å². The van der Waals surface area contributed by atoms with Crippen molar-refractivity contribution in [3.8, 4) is 5.19 Å². The molecular formula is C17H13ClN2O2S. The molecule has 0 spiro atoms. The Balaban J connectivity index is 1.40. The Labute approximate surface area is 142 Å². The number of hydrogen-bond acceptors (Lipinski definition) is 4. The first-order chi connectivity index (χ1) is 11.2. The molecular weight excluding hydrogens is 332 g/mol. The Morgan fingerprint density at radius 3 is 2.70 bits per heavy atom. The lowest BCUT2D eigenvalue weighted by Gasteiger charge is -2.38. The molecule has 23 heavy (non-hydrogen) atoms. The number of carbonyl (C=O) groups excluding carboxylic acids is 1. The number of likely N-dealkylation sites (tertiary alicyclic amines) is 1. The molecule has 1 aliphatic heterocycles. The fourth-order valence-corrected chi connectivity index (χ4v) is 3.63. The van der Waals surface area contributed by atoms with Gasteiger partial charge < -0.3 is 9.64 Å². The van der Waals surface area contributed by atoms with E-state index in [0.29, 0.717) is 28.9 Å². The van der Waals surface area contributed by atoms with Crippen molar-refractivity contribution in [3.63, 3.8) is 0 Å². The van der Waals surface area contributed by atoms with Crippen LogP contribution in [0.3, 0.4) is 0 Å². The molecule has 0 bridgehead atoms. The van der Waals surface area contributed by atoms with E-state index in [1.54, 1.807) is 17.0 Å². The minimum absolute atomic E-state index is 0.0120. The van der Waals surface area contributed by atoms with Crippen molar-refractivity contribution in [1.29, 1.82) is 0 Å². The fraction of sp³-hybridized carbons (Fsp3) is 0.176. The van der Waals surface area contributed by atoms with Gasteiger partial charge in [0.1, 0.15) is 6.10 Å². The van der Waals surface area contributed by atoms with Crippen LogP contribution in [0.25, 0.3) is 10.2 Å². The van der Waals surface area contributed by atoms with Gasteiger partial charge in [-0.05, 0) is 24.3 Å². The summed E-state index contributed by atoms with van der Waals surface area (Å²) in [6, 6.07) is 15.0. The van der Waals surface area contributed by atoms with Gasteiger partial charge in [-0.1, -0.05) is 47.2 Å². The standard InChI is InChI=1S/C17H13ClN2O2S/c18-13-6-2-1-5-12(13)16(21)20-9-11(10-20)22-17-19-14-7-3-4-8-15(14)23-17/h1-8,11H,9-10H2. The van der Waals surface area contributed by atoms with Crippen molar-refractivity contribution < 1.29 is 9.53 Å². The number of hydrogen-bond donors (Lipinski definition) is 0. The fourth-order valence-electron chi connectivity index (χ4n) is 2.53. The second kappa shape index (κ2) is 5.83. The van der Waals surface area contributed by atoms with Crippen LogP contribution in [-0.4, -0.2) is 35.0 Å². The molecule has 0 radical (unpaired) electrons. The highest BCUT2D eigenvalue weighted by molar-refractivity contribution is 7.20. The summed E-state index contributed by atoms with van der Waals surface area (Å²) in [5.41, 5.74) is 1.48. The maximum Gasteiger partial charge on any atom is 0.274 e. The molecule has 6 heteroatoms. The van der Waals surface area contributed by atoms with Crippen LogP contribution in [-0.2, 0) is 0 Å². The summed E-state index contributed by atoms with van der Waals surface area (Å²) in [4.78, 5) is 18.5. The van der Waals surface area contributed by atoms with E-state index >= 15 is 0 Å². The Kier molecular flexibility index (Phi) is 3.67. The Bertz CT molecular complexity index is 841. The Morgan fingerprint density at radius 2 is 1.91 bits per heavy atom. The van der Waals surface area contributed by atoms with Gasteiger partial charge in [0, 0.05) is 0 Å². The van der Waals surface area contributed by atoms with E-state index in [2.05, 4.69) is 4.98 Å². The molecule has 1 aromatic heterocycles. The first kappa shape index (κ1) is 14.5. The van der Waals surface area contributed by atoms with E-state index in [1.165, 1.54) is 11.3 Å². The number of benzene rings is 2. The van der Waals surface area contributed by atoms with E-state index < -0.39 is 0 Å². The number of ether oxygens (including phenoxy) is 1. The van der Waals surface area contributed by atoms with Crippen molar-refractivity contribution in [1.82, 2.24) is 9.88 Å². The number of amides is 1. The van der Waals surface area contributed by atoms with Gasteiger partial charge in [-0.2, -0.15) is 0 Å². The first-order valence-electron chi connectivity index (χ1n) is 7.27. The average molecular weight is 345 g/mol. The number of halogens is 1. The summed E-state index contributed by atoms with van der Waals surface area (Å²) in [5, 5.41) is 1.13. The molecule has 0 N–H and O–H groups in total. The van der Waals surface area contributed by atoms with Crippen molar-refractivity contribution in [2.24, 2.45) is 0 Å². The minimum Gasteiger partial charge on any atom is -0.463 e. The van der Waals surface area contributed by atoms with Gasteiger partial charge in [-0.15, -0.1) is 0 Å². The van der Waals surface area contributed by atoms with Crippen molar-refractivity contribution in [3.05, 3.63) is 59.1 Å². The van der Waals surface area contributed by atoms with Crippen LogP contribution in [0.5, 0.6) is 5.19 Å². The summed E-state index contributed by atoms with van der Waals surface area (Å²) in [6.07, 6.45) is -0.0120.